The SMILES string of the molecule is CCC(C(N)=O)N1CCCCC1CCN. The highest BCUT2D eigenvalue weighted by molar-refractivity contribution is 5.79. The van der Waals surface area contributed by atoms with Crippen molar-refractivity contribution in [3.8, 4) is 0 Å². The fraction of sp³-hybridized carbons (Fsp3) is 0.909. The molecule has 0 spiro atoms. The number of nitrogens with zero attached hydrogens (tertiary/aromatic N) is 1. The predicted molar refractivity (Wildman–Crippen MR) is 61.3 cm³/mol. The Morgan fingerprint density at radius 2 is 2.27 bits per heavy atom. The number of carbonyl (C=O) groups is 1. The maximum atomic E-state index is 11.3. The second kappa shape index (κ2) is 6.08. The molecule has 0 bridgehead atoms. The lowest BCUT2D eigenvalue weighted by Gasteiger charge is -2.39. The van der Waals surface area contributed by atoms with E-state index >= 15 is 0 Å². The fourth-order valence-electron chi connectivity index (χ4n) is 2.53. The third kappa shape index (κ3) is 3.18. The Morgan fingerprint density at radius 3 is 2.80 bits per heavy atom. The van der Waals surface area contributed by atoms with Crippen molar-refractivity contribution >= 4 is 5.91 Å². The van der Waals surface area contributed by atoms with Crippen LogP contribution in [0.25, 0.3) is 0 Å². The molecular formula is C11H23N3O. The molecule has 0 aliphatic carbocycles. The second-order valence-corrected chi connectivity index (χ2v) is 4.29. The minimum absolute atomic E-state index is 0.0955. The maximum Gasteiger partial charge on any atom is 0.234 e. The van der Waals surface area contributed by atoms with Crippen LogP contribution in [0.2, 0.25) is 0 Å². The first-order valence-electron chi connectivity index (χ1n) is 5.95. The monoisotopic (exact) mass is 213 g/mol. The van der Waals surface area contributed by atoms with Crippen LogP contribution in [0.1, 0.15) is 39.0 Å². The summed E-state index contributed by atoms with van der Waals surface area (Å²) in [6, 6.07) is 0.364. The van der Waals surface area contributed by atoms with Gasteiger partial charge in [0.05, 0.1) is 6.04 Å². The van der Waals surface area contributed by atoms with E-state index in [1.807, 2.05) is 6.92 Å². The summed E-state index contributed by atoms with van der Waals surface area (Å²) in [7, 11) is 0. The molecule has 1 amide bonds. The third-order valence-corrected chi connectivity index (χ3v) is 3.29. The maximum absolute atomic E-state index is 11.3. The summed E-state index contributed by atoms with van der Waals surface area (Å²) in [5, 5.41) is 0. The van der Waals surface area contributed by atoms with Gasteiger partial charge in [0.2, 0.25) is 5.91 Å². The smallest absolute Gasteiger partial charge is 0.234 e. The zero-order valence-electron chi connectivity index (χ0n) is 9.61. The van der Waals surface area contributed by atoms with Gasteiger partial charge in [0.25, 0.3) is 0 Å². The molecule has 0 saturated carbocycles. The Morgan fingerprint density at radius 1 is 1.53 bits per heavy atom. The molecule has 4 heteroatoms. The summed E-state index contributed by atoms with van der Waals surface area (Å²) in [4.78, 5) is 13.6. The van der Waals surface area contributed by atoms with Crippen LogP contribution < -0.4 is 11.5 Å². The molecule has 88 valence electrons. The van der Waals surface area contributed by atoms with Crippen molar-refractivity contribution in [2.45, 2.75) is 51.1 Å². The first-order chi connectivity index (χ1) is 7.20. The normalized spacial score (nSPS) is 25.1. The van der Waals surface area contributed by atoms with Crippen molar-refractivity contribution in [1.82, 2.24) is 4.90 Å². The molecule has 1 fully saturated rings. The van der Waals surface area contributed by atoms with Crippen molar-refractivity contribution in [1.29, 1.82) is 0 Å². The predicted octanol–water partition coefficient (Wildman–Crippen LogP) is 0.454. The molecule has 15 heavy (non-hydrogen) atoms. The number of hydrogen-bond acceptors (Lipinski definition) is 3. The van der Waals surface area contributed by atoms with Crippen LogP contribution in [0, 0.1) is 0 Å². The van der Waals surface area contributed by atoms with Crippen LogP contribution in [-0.4, -0.2) is 36.0 Å². The van der Waals surface area contributed by atoms with Crippen molar-refractivity contribution in [2.24, 2.45) is 11.5 Å². The van der Waals surface area contributed by atoms with Gasteiger partial charge in [-0.15, -0.1) is 0 Å². The van der Waals surface area contributed by atoms with Gasteiger partial charge in [-0.3, -0.25) is 9.69 Å². The van der Waals surface area contributed by atoms with Gasteiger partial charge in [-0.25, -0.2) is 0 Å². The first-order valence-corrected chi connectivity index (χ1v) is 5.95. The molecule has 1 heterocycles. The van der Waals surface area contributed by atoms with Crippen LogP contribution in [-0.2, 0) is 4.79 Å². The lowest BCUT2D eigenvalue weighted by Crippen LogP contribution is -2.52. The number of hydrogen-bond donors (Lipinski definition) is 2. The van der Waals surface area contributed by atoms with Crippen LogP contribution in [0.15, 0.2) is 0 Å². The van der Waals surface area contributed by atoms with Crippen LogP contribution in [0.3, 0.4) is 0 Å². The quantitative estimate of drug-likeness (QED) is 0.696. The minimum Gasteiger partial charge on any atom is -0.368 e. The number of amides is 1. The lowest BCUT2D eigenvalue weighted by atomic mass is 9.96. The Kier molecular flexibility index (Phi) is 5.05. The molecular weight excluding hydrogens is 190 g/mol. The fourth-order valence-corrected chi connectivity index (χ4v) is 2.53. The number of nitrogens with two attached hydrogens (primary N) is 2. The van der Waals surface area contributed by atoms with Crippen molar-refractivity contribution < 1.29 is 4.79 Å². The van der Waals surface area contributed by atoms with Gasteiger partial charge >= 0.3 is 0 Å². The number of piperidine rings is 1. The molecule has 2 unspecified atom stereocenters. The van der Waals surface area contributed by atoms with Gasteiger partial charge in [-0.2, -0.15) is 0 Å². The van der Waals surface area contributed by atoms with Crippen LogP contribution in [0.5, 0.6) is 0 Å². The van der Waals surface area contributed by atoms with Gasteiger partial charge in [0, 0.05) is 6.04 Å². The molecule has 0 aromatic carbocycles. The van der Waals surface area contributed by atoms with Crippen molar-refractivity contribution in [2.75, 3.05) is 13.1 Å². The summed E-state index contributed by atoms with van der Waals surface area (Å²) >= 11 is 0. The van der Waals surface area contributed by atoms with Gasteiger partial charge in [0.15, 0.2) is 0 Å². The van der Waals surface area contributed by atoms with Gasteiger partial charge in [-0.05, 0) is 38.8 Å². The van der Waals surface area contributed by atoms with Gasteiger partial charge < -0.3 is 11.5 Å². The largest absolute Gasteiger partial charge is 0.368 e. The molecule has 0 aromatic rings. The average molecular weight is 213 g/mol. The van der Waals surface area contributed by atoms with E-state index in [9.17, 15) is 4.79 Å². The summed E-state index contributed by atoms with van der Waals surface area (Å²) in [6.07, 6.45) is 5.35. The number of primary amides is 1. The van der Waals surface area contributed by atoms with E-state index in [4.69, 9.17) is 11.5 Å². The zero-order valence-corrected chi connectivity index (χ0v) is 9.61. The molecule has 4 nitrogen and oxygen atoms in total. The molecule has 0 radical (unpaired) electrons. The van der Waals surface area contributed by atoms with E-state index < -0.39 is 0 Å². The first kappa shape index (κ1) is 12.5. The molecule has 4 N–H and O–H groups in total. The van der Waals surface area contributed by atoms with Crippen molar-refractivity contribution in [3.63, 3.8) is 0 Å². The molecule has 2 atom stereocenters. The molecule has 1 aliphatic heterocycles. The minimum atomic E-state index is -0.193. The summed E-state index contributed by atoms with van der Waals surface area (Å²) in [5.74, 6) is -0.193. The number of likely N-dealkylation sites (tertiary alicyclic amines) is 1. The number of carbonyl (C=O) groups excluding carboxylic acids is 1. The highest BCUT2D eigenvalue weighted by Crippen LogP contribution is 2.22. The molecule has 1 aliphatic rings. The molecule has 1 saturated heterocycles. The Bertz CT molecular complexity index is 206. The van der Waals surface area contributed by atoms with E-state index in [1.54, 1.807) is 0 Å². The van der Waals surface area contributed by atoms with Crippen LogP contribution in [0.4, 0.5) is 0 Å². The topological polar surface area (TPSA) is 72.4 Å². The van der Waals surface area contributed by atoms with E-state index in [0.717, 1.165) is 25.8 Å². The van der Waals surface area contributed by atoms with E-state index in [1.165, 1.54) is 12.8 Å². The Labute approximate surface area is 92.0 Å². The average Bonchev–Trinajstić information content (AvgIpc) is 2.21. The van der Waals surface area contributed by atoms with Crippen molar-refractivity contribution in [3.05, 3.63) is 0 Å². The van der Waals surface area contributed by atoms with Gasteiger partial charge in [-0.1, -0.05) is 13.3 Å². The van der Waals surface area contributed by atoms with Crippen LogP contribution >= 0.6 is 0 Å². The summed E-state index contributed by atoms with van der Waals surface area (Å²) in [6.45, 7) is 3.70. The third-order valence-electron chi connectivity index (χ3n) is 3.29. The molecule has 0 aromatic heterocycles. The van der Waals surface area contributed by atoms with E-state index in [0.29, 0.717) is 12.6 Å². The zero-order chi connectivity index (χ0) is 11.3. The Balaban J connectivity index is 2.64. The van der Waals surface area contributed by atoms with E-state index in [-0.39, 0.29) is 11.9 Å². The summed E-state index contributed by atoms with van der Waals surface area (Å²) in [5.41, 5.74) is 11.0. The highest BCUT2D eigenvalue weighted by Gasteiger charge is 2.30. The highest BCUT2D eigenvalue weighted by atomic mass is 16.1. The number of rotatable bonds is 5. The van der Waals surface area contributed by atoms with E-state index in [2.05, 4.69) is 4.90 Å². The standard InChI is InChI=1S/C11H23N3O/c1-2-10(11(13)15)14-8-4-3-5-9(14)6-7-12/h9-10H,2-8,12H2,1H3,(H2,13,15). The van der Waals surface area contributed by atoms with Gasteiger partial charge in [0.1, 0.15) is 0 Å². The Hall–Kier alpha value is -0.610. The second-order valence-electron chi connectivity index (χ2n) is 4.29. The lowest BCUT2D eigenvalue weighted by molar-refractivity contribution is -0.125. The molecule has 1 rings (SSSR count). The summed E-state index contributed by atoms with van der Waals surface area (Å²) < 4.78 is 0.